The molecule has 114 valence electrons. The minimum atomic E-state index is -0.436. The number of nitrogens with one attached hydrogen (secondary N) is 1. The highest BCUT2D eigenvalue weighted by Gasteiger charge is 2.18. The zero-order chi connectivity index (χ0) is 15.6. The smallest absolute Gasteiger partial charge is 0.295 e. The Kier molecular flexibility index (Phi) is 4.45. The predicted octanol–water partition coefficient (Wildman–Crippen LogP) is 4.08. The summed E-state index contributed by atoms with van der Waals surface area (Å²) in [5.41, 5.74) is 1.07. The quantitative estimate of drug-likeness (QED) is 0.640. The molecule has 0 fully saturated rings. The molecule has 0 atom stereocenters. The molecule has 0 saturated heterocycles. The van der Waals surface area contributed by atoms with Crippen LogP contribution in [-0.4, -0.2) is 16.5 Å². The molecule has 0 aliphatic carbocycles. The molecule has 6 heteroatoms. The second-order valence-corrected chi connectivity index (χ2v) is 5.96. The molecular weight excluding hydrogens is 270 g/mol. The van der Waals surface area contributed by atoms with Crippen molar-refractivity contribution in [2.24, 2.45) is 17.8 Å². The van der Waals surface area contributed by atoms with E-state index in [4.69, 9.17) is 4.42 Å². The van der Waals surface area contributed by atoms with Crippen molar-refractivity contribution in [1.82, 2.24) is 4.98 Å². The predicted molar refractivity (Wildman–Crippen MR) is 82.3 cm³/mol. The van der Waals surface area contributed by atoms with Gasteiger partial charge in [-0.2, -0.15) is 4.98 Å². The highest BCUT2D eigenvalue weighted by Crippen LogP contribution is 2.25. The van der Waals surface area contributed by atoms with Gasteiger partial charge in [0.1, 0.15) is 5.52 Å². The van der Waals surface area contributed by atoms with Crippen LogP contribution in [0.5, 0.6) is 0 Å². The van der Waals surface area contributed by atoms with Gasteiger partial charge in [0.2, 0.25) is 0 Å². The van der Waals surface area contributed by atoms with E-state index >= 15 is 0 Å². The van der Waals surface area contributed by atoms with Crippen LogP contribution in [0.1, 0.15) is 27.7 Å². The number of nitro benzene ring substituents is 1. The molecule has 21 heavy (non-hydrogen) atoms. The van der Waals surface area contributed by atoms with Gasteiger partial charge in [-0.25, -0.2) is 0 Å². The van der Waals surface area contributed by atoms with Crippen molar-refractivity contribution in [2.75, 3.05) is 11.9 Å². The maximum absolute atomic E-state index is 10.7. The summed E-state index contributed by atoms with van der Waals surface area (Å²) < 4.78 is 5.57. The zero-order valence-electron chi connectivity index (χ0n) is 12.8. The summed E-state index contributed by atoms with van der Waals surface area (Å²) in [4.78, 5) is 14.6. The summed E-state index contributed by atoms with van der Waals surface area (Å²) in [5, 5.41) is 13.9. The fraction of sp³-hybridized carbons (Fsp3) is 0.533. The number of non-ortho nitro benzene ring substituents is 1. The topological polar surface area (TPSA) is 81.2 Å². The highest BCUT2D eigenvalue weighted by atomic mass is 16.6. The first-order valence-electron chi connectivity index (χ1n) is 7.17. The van der Waals surface area contributed by atoms with Crippen LogP contribution in [-0.2, 0) is 0 Å². The highest BCUT2D eigenvalue weighted by molar-refractivity contribution is 5.77. The Bertz CT molecular complexity index is 626. The lowest BCUT2D eigenvalue weighted by Crippen LogP contribution is -2.24. The number of anilines is 1. The average molecular weight is 291 g/mol. The third-order valence-corrected chi connectivity index (χ3v) is 3.78. The number of nitro groups is 1. The number of fused-ring (bicyclic) bond motifs is 1. The molecule has 2 aromatic rings. The van der Waals surface area contributed by atoms with Crippen molar-refractivity contribution in [3.63, 3.8) is 0 Å². The number of hydrogen-bond donors (Lipinski definition) is 1. The first kappa shape index (κ1) is 15.3. The summed E-state index contributed by atoms with van der Waals surface area (Å²) in [6.45, 7) is 9.55. The molecule has 1 heterocycles. The maximum Gasteiger partial charge on any atom is 0.295 e. The maximum atomic E-state index is 10.7. The number of benzene rings is 1. The molecule has 0 spiro atoms. The molecule has 2 rings (SSSR count). The van der Waals surface area contributed by atoms with E-state index in [0.717, 1.165) is 6.54 Å². The first-order chi connectivity index (χ1) is 9.88. The van der Waals surface area contributed by atoms with E-state index in [2.05, 4.69) is 38.0 Å². The van der Waals surface area contributed by atoms with Gasteiger partial charge in [-0.15, -0.1) is 0 Å². The van der Waals surface area contributed by atoms with Gasteiger partial charge in [0.05, 0.1) is 4.92 Å². The fourth-order valence-electron chi connectivity index (χ4n) is 2.55. The van der Waals surface area contributed by atoms with E-state index in [1.807, 2.05) is 0 Å². The second kappa shape index (κ2) is 6.11. The molecule has 0 unspecified atom stereocenters. The summed E-state index contributed by atoms with van der Waals surface area (Å²) in [6, 6.07) is 4.83. The number of rotatable bonds is 6. The Balaban J connectivity index is 2.14. The second-order valence-electron chi connectivity index (χ2n) is 5.96. The Morgan fingerprint density at radius 2 is 1.95 bits per heavy atom. The lowest BCUT2D eigenvalue weighted by Gasteiger charge is -2.24. The normalized spacial score (nSPS) is 11.8. The van der Waals surface area contributed by atoms with Crippen LogP contribution in [0.15, 0.2) is 22.6 Å². The summed E-state index contributed by atoms with van der Waals surface area (Å²) >= 11 is 0. The molecule has 1 aromatic heterocycles. The van der Waals surface area contributed by atoms with E-state index in [0.29, 0.717) is 34.9 Å². The van der Waals surface area contributed by atoms with Gasteiger partial charge in [-0.3, -0.25) is 10.1 Å². The van der Waals surface area contributed by atoms with E-state index in [1.165, 1.54) is 12.1 Å². The van der Waals surface area contributed by atoms with Crippen LogP contribution in [0.25, 0.3) is 11.1 Å². The van der Waals surface area contributed by atoms with Crippen LogP contribution in [0, 0.1) is 27.9 Å². The molecule has 1 aromatic carbocycles. The van der Waals surface area contributed by atoms with Crippen molar-refractivity contribution in [3.8, 4) is 0 Å². The van der Waals surface area contributed by atoms with E-state index < -0.39 is 4.92 Å². The van der Waals surface area contributed by atoms with Crippen LogP contribution >= 0.6 is 0 Å². The van der Waals surface area contributed by atoms with Gasteiger partial charge >= 0.3 is 0 Å². The van der Waals surface area contributed by atoms with Crippen LogP contribution in [0.2, 0.25) is 0 Å². The summed E-state index contributed by atoms with van der Waals surface area (Å²) in [6.07, 6.45) is 0. The molecule has 0 aliphatic heterocycles. The number of hydrogen-bond acceptors (Lipinski definition) is 5. The Labute approximate surface area is 123 Å². The van der Waals surface area contributed by atoms with Crippen LogP contribution < -0.4 is 5.32 Å². The largest absolute Gasteiger partial charge is 0.424 e. The molecule has 0 bridgehead atoms. The molecule has 0 saturated carbocycles. The third-order valence-electron chi connectivity index (χ3n) is 3.78. The molecule has 0 amide bonds. The van der Waals surface area contributed by atoms with Gasteiger partial charge < -0.3 is 9.73 Å². The van der Waals surface area contributed by atoms with Crippen molar-refractivity contribution in [2.45, 2.75) is 27.7 Å². The minimum Gasteiger partial charge on any atom is -0.424 e. The zero-order valence-corrected chi connectivity index (χ0v) is 12.8. The van der Waals surface area contributed by atoms with Crippen molar-refractivity contribution < 1.29 is 9.34 Å². The monoisotopic (exact) mass is 291 g/mol. The van der Waals surface area contributed by atoms with Gasteiger partial charge in [-0.05, 0) is 23.8 Å². The Morgan fingerprint density at radius 1 is 1.29 bits per heavy atom. The third kappa shape index (κ3) is 3.51. The van der Waals surface area contributed by atoms with Crippen LogP contribution in [0.3, 0.4) is 0 Å². The molecule has 0 radical (unpaired) electrons. The van der Waals surface area contributed by atoms with E-state index in [9.17, 15) is 10.1 Å². The van der Waals surface area contributed by atoms with Gasteiger partial charge in [0, 0.05) is 18.7 Å². The lowest BCUT2D eigenvalue weighted by atomic mass is 9.85. The molecule has 1 N–H and O–H groups in total. The minimum absolute atomic E-state index is 0.0181. The number of oxazole rings is 1. The van der Waals surface area contributed by atoms with E-state index in [1.54, 1.807) is 6.07 Å². The lowest BCUT2D eigenvalue weighted by molar-refractivity contribution is -0.384. The Morgan fingerprint density at radius 3 is 2.52 bits per heavy atom. The van der Waals surface area contributed by atoms with E-state index in [-0.39, 0.29) is 5.69 Å². The average Bonchev–Trinajstić information content (AvgIpc) is 2.79. The van der Waals surface area contributed by atoms with Crippen LogP contribution in [0.4, 0.5) is 11.7 Å². The molecule has 6 nitrogen and oxygen atoms in total. The molecule has 0 aliphatic rings. The number of aromatic nitrogens is 1. The van der Waals surface area contributed by atoms with Crippen molar-refractivity contribution in [3.05, 3.63) is 28.3 Å². The van der Waals surface area contributed by atoms with Gasteiger partial charge in [-0.1, -0.05) is 27.7 Å². The van der Waals surface area contributed by atoms with Crippen molar-refractivity contribution >= 4 is 22.8 Å². The molecular formula is C15H21N3O3. The number of nitrogens with zero attached hydrogens (tertiary/aromatic N) is 2. The summed E-state index contributed by atoms with van der Waals surface area (Å²) in [5.74, 6) is 1.63. The first-order valence-corrected chi connectivity index (χ1v) is 7.17. The van der Waals surface area contributed by atoms with Gasteiger partial charge in [0.15, 0.2) is 5.58 Å². The summed E-state index contributed by atoms with van der Waals surface area (Å²) in [7, 11) is 0. The van der Waals surface area contributed by atoms with Gasteiger partial charge in [0.25, 0.3) is 11.7 Å². The fourth-order valence-corrected chi connectivity index (χ4v) is 2.55. The Hall–Kier alpha value is -2.11. The SMILES string of the molecule is CC(C)C(CNc1nc2cc([N+](=O)[O-])ccc2o1)C(C)C. The standard InChI is InChI=1S/C15H21N3O3/c1-9(2)12(10(3)4)8-16-15-17-13-7-11(18(19)20)5-6-14(13)21-15/h5-7,9-10,12H,8H2,1-4H3,(H,16,17). The van der Waals surface area contributed by atoms with Crippen molar-refractivity contribution in [1.29, 1.82) is 0 Å².